The van der Waals surface area contributed by atoms with Crippen LogP contribution in [-0.4, -0.2) is 55.0 Å². The normalized spacial score (nSPS) is 22.1. The van der Waals surface area contributed by atoms with Crippen LogP contribution >= 0.6 is 11.3 Å². The molecule has 0 bridgehead atoms. The minimum Gasteiger partial charge on any atom is -0.467 e. The highest BCUT2D eigenvalue weighted by molar-refractivity contribution is 7.17. The Balaban J connectivity index is 1.47. The van der Waals surface area contributed by atoms with Gasteiger partial charge in [0.15, 0.2) is 5.79 Å². The summed E-state index contributed by atoms with van der Waals surface area (Å²) < 4.78 is 18.3. The molecule has 0 N–H and O–H groups in total. The van der Waals surface area contributed by atoms with Crippen LogP contribution in [0.25, 0.3) is 10.1 Å². The first-order valence-corrected chi connectivity index (χ1v) is 13.6. The average molecular weight is 486 g/mol. The first-order chi connectivity index (χ1) is 16.6. The molecule has 1 spiro atoms. The zero-order valence-corrected chi connectivity index (χ0v) is 20.8. The number of carbonyl (C=O) groups is 2. The number of methoxy groups -OCH3 is 1. The van der Waals surface area contributed by atoms with E-state index in [0.29, 0.717) is 31.1 Å². The van der Waals surface area contributed by atoms with Gasteiger partial charge in [-0.15, -0.1) is 11.3 Å². The number of carbonyl (C=O) groups excluding carboxylic acids is 2. The lowest BCUT2D eigenvalue weighted by atomic mass is 9.82. The van der Waals surface area contributed by atoms with Crippen molar-refractivity contribution in [2.24, 2.45) is 5.92 Å². The third-order valence-electron chi connectivity index (χ3n) is 7.96. The fourth-order valence-electron chi connectivity index (χ4n) is 6.15. The number of benzene rings is 1. The molecule has 1 unspecified atom stereocenters. The fraction of sp³-hybridized carbons (Fsp3) is 0.630. The van der Waals surface area contributed by atoms with Gasteiger partial charge in [0.05, 0.1) is 25.9 Å². The molecule has 2 aliphatic carbocycles. The maximum atomic E-state index is 14.2. The summed E-state index contributed by atoms with van der Waals surface area (Å²) in [5.41, 5.74) is 0.687. The van der Waals surface area contributed by atoms with Crippen molar-refractivity contribution in [3.63, 3.8) is 0 Å². The summed E-state index contributed by atoms with van der Waals surface area (Å²) >= 11 is 1.58. The quantitative estimate of drug-likeness (QED) is 0.503. The third kappa shape index (κ3) is 4.75. The lowest BCUT2D eigenvalue weighted by molar-refractivity contribution is -0.184. The zero-order chi connectivity index (χ0) is 23.5. The van der Waals surface area contributed by atoms with Gasteiger partial charge >= 0.3 is 5.97 Å². The number of hydrogen-bond donors (Lipinski definition) is 0. The van der Waals surface area contributed by atoms with E-state index in [1.165, 1.54) is 26.4 Å². The fourth-order valence-corrected chi connectivity index (χ4v) is 7.08. The van der Waals surface area contributed by atoms with E-state index in [1.807, 2.05) is 34.5 Å². The highest BCUT2D eigenvalue weighted by Gasteiger charge is 2.45. The van der Waals surface area contributed by atoms with Crippen LogP contribution in [0.15, 0.2) is 29.6 Å². The van der Waals surface area contributed by atoms with Crippen molar-refractivity contribution >= 4 is 33.3 Å². The summed E-state index contributed by atoms with van der Waals surface area (Å²) in [5.74, 6) is -0.418. The molecule has 3 fully saturated rings. The topological polar surface area (TPSA) is 65.1 Å². The Morgan fingerprint density at radius 3 is 2.50 bits per heavy atom. The van der Waals surface area contributed by atoms with Crippen molar-refractivity contribution in [2.45, 2.75) is 82.1 Å². The lowest BCUT2D eigenvalue weighted by Crippen LogP contribution is -2.54. The van der Waals surface area contributed by atoms with Gasteiger partial charge < -0.3 is 19.1 Å². The molecule has 3 aliphatic rings. The molecule has 34 heavy (non-hydrogen) atoms. The molecular formula is C27H35NO5S. The molecule has 6 nitrogen and oxygen atoms in total. The largest absolute Gasteiger partial charge is 0.467 e. The number of nitrogens with zero attached hydrogens (tertiary/aromatic N) is 1. The van der Waals surface area contributed by atoms with Crippen LogP contribution in [0, 0.1) is 5.92 Å². The number of thiophene rings is 1. The number of hydrogen-bond acceptors (Lipinski definition) is 6. The van der Waals surface area contributed by atoms with Crippen molar-refractivity contribution in [3.05, 3.63) is 35.2 Å². The molecule has 1 aromatic heterocycles. The van der Waals surface area contributed by atoms with E-state index in [4.69, 9.17) is 14.2 Å². The maximum absolute atomic E-state index is 14.2. The van der Waals surface area contributed by atoms with E-state index in [1.54, 1.807) is 11.3 Å². The van der Waals surface area contributed by atoms with Crippen LogP contribution < -0.4 is 0 Å². The number of esters is 1. The number of ether oxygens (including phenoxy) is 3. The summed E-state index contributed by atoms with van der Waals surface area (Å²) in [6, 6.07) is 7.39. The van der Waals surface area contributed by atoms with Crippen molar-refractivity contribution in [1.29, 1.82) is 0 Å². The predicted molar refractivity (Wildman–Crippen MR) is 132 cm³/mol. The molecule has 2 heterocycles. The minimum absolute atomic E-state index is 0.0442. The van der Waals surface area contributed by atoms with Crippen LogP contribution in [0.2, 0.25) is 0 Å². The minimum atomic E-state index is -0.566. The van der Waals surface area contributed by atoms with Gasteiger partial charge in [0.25, 0.3) is 5.91 Å². The summed E-state index contributed by atoms with van der Waals surface area (Å²) in [7, 11) is 1.44. The predicted octanol–water partition coefficient (Wildman–Crippen LogP) is 5.54. The Kier molecular flexibility index (Phi) is 7.23. The summed E-state index contributed by atoms with van der Waals surface area (Å²) in [6.07, 6.45) is 9.55. The Bertz CT molecular complexity index is 997. The van der Waals surface area contributed by atoms with Gasteiger partial charge in [-0.25, -0.2) is 4.79 Å². The highest BCUT2D eigenvalue weighted by atomic mass is 32.1. The molecule has 184 valence electrons. The average Bonchev–Trinajstić information content (AvgIpc) is 3.52. The van der Waals surface area contributed by atoms with E-state index < -0.39 is 11.8 Å². The molecule has 1 atom stereocenters. The van der Waals surface area contributed by atoms with Gasteiger partial charge in [0.2, 0.25) is 0 Å². The number of amides is 1. The second kappa shape index (κ2) is 10.3. The molecular weight excluding hydrogens is 450 g/mol. The van der Waals surface area contributed by atoms with Crippen molar-refractivity contribution < 1.29 is 23.8 Å². The summed E-state index contributed by atoms with van der Waals surface area (Å²) in [5, 5.41) is 2.90. The zero-order valence-electron chi connectivity index (χ0n) is 20.0. The van der Waals surface area contributed by atoms with Crippen LogP contribution in [0.4, 0.5) is 0 Å². The standard InChI is InChI=1S/C27H35NO5S/c1-31-26(30)23(17-19-7-3-2-4-8-19)28(20-11-13-27(14-12-20)32-15-16-33-27)25(29)22-18-34-24-10-6-5-9-21(22)24/h5-6,9-10,18-20,23H,2-4,7-8,11-17H2,1H3. The van der Waals surface area contributed by atoms with E-state index in [0.717, 1.165) is 48.6 Å². The molecule has 7 heteroatoms. The number of rotatable bonds is 6. The molecule has 1 aliphatic heterocycles. The van der Waals surface area contributed by atoms with E-state index in [2.05, 4.69) is 0 Å². The first kappa shape index (κ1) is 23.8. The highest BCUT2D eigenvalue weighted by Crippen LogP contribution is 2.40. The Labute approximate surface area is 205 Å². The Hall–Kier alpha value is -1.96. The Morgan fingerprint density at radius 2 is 1.79 bits per heavy atom. The molecule has 5 rings (SSSR count). The van der Waals surface area contributed by atoms with Crippen LogP contribution in [-0.2, 0) is 19.0 Å². The molecule has 1 saturated heterocycles. The molecule has 2 aromatic rings. The van der Waals surface area contributed by atoms with Gasteiger partial charge in [-0.2, -0.15) is 0 Å². The van der Waals surface area contributed by atoms with Gasteiger partial charge in [0.1, 0.15) is 6.04 Å². The monoisotopic (exact) mass is 485 g/mol. The second-order valence-electron chi connectivity index (χ2n) is 9.98. The summed E-state index contributed by atoms with van der Waals surface area (Å²) in [4.78, 5) is 29.3. The molecule has 0 radical (unpaired) electrons. The molecule has 1 amide bonds. The van der Waals surface area contributed by atoms with Gasteiger partial charge in [-0.05, 0) is 31.2 Å². The second-order valence-corrected chi connectivity index (χ2v) is 10.9. The van der Waals surface area contributed by atoms with Crippen LogP contribution in [0.1, 0.15) is 74.6 Å². The van der Waals surface area contributed by atoms with E-state index in [-0.39, 0.29) is 17.9 Å². The SMILES string of the molecule is COC(=O)C(CC1CCCCC1)N(C(=O)c1csc2ccccc12)C1CCC2(CC1)OCCO2. The number of fused-ring (bicyclic) bond motifs is 1. The smallest absolute Gasteiger partial charge is 0.328 e. The lowest BCUT2D eigenvalue weighted by Gasteiger charge is -2.43. The Morgan fingerprint density at radius 1 is 1.09 bits per heavy atom. The van der Waals surface area contributed by atoms with Gasteiger partial charge in [-0.3, -0.25) is 4.79 Å². The third-order valence-corrected chi connectivity index (χ3v) is 8.92. The van der Waals surface area contributed by atoms with Crippen molar-refractivity contribution in [1.82, 2.24) is 4.90 Å². The molecule has 2 saturated carbocycles. The molecule has 1 aromatic carbocycles. The first-order valence-electron chi connectivity index (χ1n) is 12.7. The van der Waals surface area contributed by atoms with Crippen LogP contribution in [0.5, 0.6) is 0 Å². The van der Waals surface area contributed by atoms with E-state index in [9.17, 15) is 9.59 Å². The van der Waals surface area contributed by atoms with E-state index >= 15 is 0 Å². The van der Waals surface area contributed by atoms with Gasteiger partial charge in [-0.1, -0.05) is 50.3 Å². The van der Waals surface area contributed by atoms with Crippen molar-refractivity contribution in [3.8, 4) is 0 Å². The maximum Gasteiger partial charge on any atom is 0.328 e. The summed E-state index contributed by atoms with van der Waals surface area (Å²) in [6.45, 7) is 1.25. The van der Waals surface area contributed by atoms with Crippen molar-refractivity contribution in [2.75, 3.05) is 20.3 Å². The van der Waals surface area contributed by atoms with Gasteiger partial charge in [0, 0.05) is 34.3 Å². The van der Waals surface area contributed by atoms with Crippen LogP contribution in [0.3, 0.4) is 0 Å².